The number of nitro benzene ring substituents is 1. The summed E-state index contributed by atoms with van der Waals surface area (Å²) in [5, 5.41) is 23.8. The van der Waals surface area contributed by atoms with Gasteiger partial charge in [0.15, 0.2) is 0 Å². The SMILES string of the molecule is CC(CC(O)c1ccco1)NC(=O)c1cc([N+](=O)[O-])ccc1N(C)C. The molecule has 0 radical (unpaired) electrons. The van der Waals surface area contributed by atoms with Crippen LogP contribution in [0.2, 0.25) is 0 Å². The molecule has 0 fully saturated rings. The van der Waals surface area contributed by atoms with Gasteiger partial charge >= 0.3 is 0 Å². The van der Waals surface area contributed by atoms with E-state index in [1.807, 2.05) is 0 Å². The van der Waals surface area contributed by atoms with E-state index in [2.05, 4.69) is 5.32 Å². The van der Waals surface area contributed by atoms with Crippen LogP contribution in [0.5, 0.6) is 0 Å². The first-order valence-electron chi connectivity index (χ1n) is 7.77. The second-order valence-corrected chi connectivity index (χ2v) is 5.99. The number of hydrogen-bond acceptors (Lipinski definition) is 6. The van der Waals surface area contributed by atoms with Crippen LogP contribution in [-0.2, 0) is 0 Å². The lowest BCUT2D eigenvalue weighted by atomic mass is 10.1. The molecule has 2 N–H and O–H groups in total. The highest BCUT2D eigenvalue weighted by atomic mass is 16.6. The highest BCUT2D eigenvalue weighted by Gasteiger charge is 2.21. The maximum Gasteiger partial charge on any atom is 0.270 e. The summed E-state index contributed by atoms with van der Waals surface area (Å²) in [4.78, 5) is 24.7. The van der Waals surface area contributed by atoms with Crippen LogP contribution >= 0.6 is 0 Å². The van der Waals surface area contributed by atoms with Crippen molar-refractivity contribution in [1.29, 1.82) is 0 Å². The van der Waals surface area contributed by atoms with Crippen LogP contribution in [0.1, 0.15) is 35.6 Å². The van der Waals surface area contributed by atoms with Gasteiger partial charge in [-0.05, 0) is 25.1 Å². The van der Waals surface area contributed by atoms with Crippen LogP contribution in [0, 0.1) is 10.1 Å². The number of nitrogens with zero attached hydrogens (tertiary/aromatic N) is 2. The van der Waals surface area contributed by atoms with E-state index in [1.165, 1.54) is 24.5 Å². The molecule has 0 aliphatic rings. The average molecular weight is 347 g/mol. The number of anilines is 1. The molecule has 0 aliphatic heterocycles. The van der Waals surface area contributed by atoms with Crippen molar-refractivity contribution in [3.8, 4) is 0 Å². The first-order valence-corrected chi connectivity index (χ1v) is 7.77. The molecule has 134 valence electrons. The molecule has 2 rings (SSSR count). The van der Waals surface area contributed by atoms with E-state index < -0.39 is 16.9 Å². The largest absolute Gasteiger partial charge is 0.467 e. The molecule has 2 atom stereocenters. The molecule has 2 aromatic rings. The van der Waals surface area contributed by atoms with Crippen molar-refractivity contribution in [3.05, 3.63) is 58.0 Å². The monoisotopic (exact) mass is 347 g/mol. The van der Waals surface area contributed by atoms with Crippen LogP contribution in [0.15, 0.2) is 41.0 Å². The highest BCUT2D eigenvalue weighted by molar-refractivity contribution is 6.00. The number of nitro groups is 1. The summed E-state index contributed by atoms with van der Waals surface area (Å²) in [5.41, 5.74) is 0.624. The number of nitrogens with one attached hydrogen (secondary N) is 1. The normalized spacial score (nSPS) is 13.1. The van der Waals surface area contributed by atoms with E-state index in [0.717, 1.165) is 0 Å². The van der Waals surface area contributed by atoms with Crippen LogP contribution in [-0.4, -0.2) is 36.1 Å². The van der Waals surface area contributed by atoms with E-state index in [4.69, 9.17) is 4.42 Å². The van der Waals surface area contributed by atoms with Crippen LogP contribution in [0.4, 0.5) is 11.4 Å². The minimum absolute atomic E-state index is 0.154. The molecule has 0 bridgehead atoms. The van der Waals surface area contributed by atoms with Gasteiger partial charge in [0.1, 0.15) is 11.9 Å². The fourth-order valence-electron chi connectivity index (χ4n) is 2.50. The summed E-state index contributed by atoms with van der Waals surface area (Å²) >= 11 is 0. The minimum atomic E-state index is -0.844. The second kappa shape index (κ2) is 7.80. The van der Waals surface area contributed by atoms with E-state index in [1.54, 1.807) is 38.1 Å². The molecule has 1 heterocycles. The fraction of sp³-hybridized carbons (Fsp3) is 0.353. The van der Waals surface area contributed by atoms with Gasteiger partial charge in [-0.15, -0.1) is 0 Å². The van der Waals surface area contributed by atoms with Gasteiger partial charge in [0.2, 0.25) is 0 Å². The Morgan fingerprint density at radius 3 is 2.68 bits per heavy atom. The zero-order valence-corrected chi connectivity index (χ0v) is 14.3. The van der Waals surface area contributed by atoms with E-state index in [-0.39, 0.29) is 23.7 Å². The summed E-state index contributed by atoms with van der Waals surface area (Å²) in [7, 11) is 3.50. The number of rotatable bonds is 7. The van der Waals surface area contributed by atoms with Crippen molar-refractivity contribution in [2.75, 3.05) is 19.0 Å². The first-order chi connectivity index (χ1) is 11.8. The molecule has 1 aromatic heterocycles. The van der Waals surface area contributed by atoms with Crippen molar-refractivity contribution in [3.63, 3.8) is 0 Å². The highest BCUT2D eigenvalue weighted by Crippen LogP contribution is 2.25. The molecule has 0 spiro atoms. The number of benzene rings is 1. The number of furan rings is 1. The molecule has 8 nitrogen and oxygen atoms in total. The molecule has 8 heteroatoms. The number of non-ortho nitro benzene ring substituents is 1. The smallest absolute Gasteiger partial charge is 0.270 e. The Labute approximate surface area is 145 Å². The maximum atomic E-state index is 12.6. The Balaban J connectivity index is 2.13. The Morgan fingerprint density at radius 2 is 2.12 bits per heavy atom. The Kier molecular flexibility index (Phi) is 5.76. The third-order valence-electron chi connectivity index (χ3n) is 3.74. The zero-order chi connectivity index (χ0) is 18.6. The predicted molar refractivity (Wildman–Crippen MR) is 92.6 cm³/mol. The number of amides is 1. The van der Waals surface area contributed by atoms with Crippen LogP contribution in [0.3, 0.4) is 0 Å². The molecule has 0 saturated heterocycles. The van der Waals surface area contributed by atoms with Gasteiger partial charge in [-0.2, -0.15) is 0 Å². The summed E-state index contributed by atoms with van der Waals surface area (Å²) < 4.78 is 5.13. The lowest BCUT2D eigenvalue weighted by Crippen LogP contribution is -2.34. The maximum absolute atomic E-state index is 12.6. The Morgan fingerprint density at radius 1 is 1.40 bits per heavy atom. The van der Waals surface area contributed by atoms with Gasteiger partial charge < -0.3 is 19.7 Å². The topological polar surface area (TPSA) is 109 Å². The molecular formula is C17H21N3O5. The minimum Gasteiger partial charge on any atom is -0.467 e. The van der Waals surface area contributed by atoms with Gasteiger partial charge in [-0.25, -0.2) is 0 Å². The third kappa shape index (κ3) is 4.57. The van der Waals surface area contributed by atoms with E-state index in [9.17, 15) is 20.0 Å². The fourth-order valence-corrected chi connectivity index (χ4v) is 2.50. The van der Waals surface area contributed by atoms with Gasteiger partial charge in [0.05, 0.1) is 16.7 Å². The van der Waals surface area contributed by atoms with Crippen LogP contribution < -0.4 is 10.2 Å². The van der Waals surface area contributed by atoms with Crippen LogP contribution in [0.25, 0.3) is 0 Å². The average Bonchev–Trinajstić information content (AvgIpc) is 3.08. The lowest BCUT2D eigenvalue weighted by Gasteiger charge is -2.20. The van der Waals surface area contributed by atoms with Gasteiger partial charge in [-0.1, -0.05) is 0 Å². The Bertz CT molecular complexity index is 743. The molecule has 25 heavy (non-hydrogen) atoms. The lowest BCUT2D eigenvalue weighted by molar-refractivity contribution is -0.384. The summed E-state index contributed by atoms with van der Waals surface area (Å²) in [6.45, 7) is 1.75. The molecule has 2 unspecified atom stereocenters. The molecule has 1 aromatic carbocycles. The van der Waals surface area contributed by atoms with E-state index in [0.29, 0.717) is 11.4 Å². The third-order valence-corrected chi connectivity index (χ3v) is 3.74. The number of aliphatic hydroxyl groups is 1. The Hall–Kier alpha value is -2.87. The van der Waals surface area contributed by atoms with E-state index >= 15 is 0 Å². The van der Waals surface area contributed by atoms with Crippen molar-refractivity contribution in [1.82, 2.24) is 5.32 Å². The number of carbonyl (C=O) groups is 1. The number of hydrogen-bond donors (Lipinski definition) is 2. The van der Waals surface area contributed by atoms with Crippen molar-refractivity contribution in [2.45, 2.75) is 25.5 Å². The summed E-state index contributed by atoms with van der Waals surface area (Å²) in [6.07, 6.45) is 0.878. The second-order valence-electron chi connectivity index (χ2n) is 5.99. The summed E-state index contributed by atoms with van der Waals surface area (Å²) in [6, 6.07) is 7.12. The molecular weight excluding hydrogens is 326 g/mol. The van der Waals surface area contributed by atoms with Gasteiger partial charge in [0.25, 0.3) is 11.6 Å². The molecule has 1 amide bonds. The van der Waals surface area contributed by atoms with Crippen molar-refractivity contribution in [2.24, 2.45) is 0 Å². The molecule has 0 aliphatic carbocycles. The predicted octanol–water partition coefficient (Wildman–Crippen LogP) is 2.50. The van der Waals surface area contributed by atoms with Crippen molar-refractivity contribution < 1.29 is 19.2 Å². The molecule has 0 saturated carbocycles. The van der Waals surface area contributed by atoms with Gasteiger partial charge in [0, 0.05) is 44.4 Å². The number of aliphatic hydroxyl groups excluding tert-OH is 1. The van der Waals surface area contributed by atoms with Crippen molar-refractivity contribution >= 4 is 17.3 Å². The van der Waals surface area contributed by atoms with Gasteiger partial charge in [-0.3, -0.25) is 14.9 Å². The zero-order valence-electron chi connectivity index (χ0n) is 14.3. The standard InChI is InChI=1S/C17H21N3O5/c1-11(9-15(21)16-5-4-8-25-16)18-17(22)13-10-12(20(23)24)6-7-14(13)19(2)3/h4-8,10-11,15,21H,9H2,1-3H3,(H,18,22). The summed E-state index contributed by atoms with van der Waals surface area (Å²) in [5.74, 6) is -0.0167. The first kappa shape index (κ1) is 18.5. The number of carbonyl (C=O) groups excluding carboxylic acids is 1. The quantitative estimate of drug-likeness (QED) is 0.588.